The number of hydrogen-bond acceptors (Lipinski definition) is 31. The van der Waals surface area contributed by atoms with Crippen molar-refractivity contribution in [3.8, 4) is 45.6 Å². The van der Waals surface area contributed by atoms with E-state index in [1.54, 1.807) is 18.9 Å². The molecule has 1 unspecified atom stereocenters. The van der Waals surface area contributed by atoms with Gasteiger partial charge in [-0.3, -0.25) is 27.3 Å². The molecule has 7 aromatic rings. The van der Waals surface area contributed by atoms with Crippen LogP contribution in [0.4, 0.5) is 0 Å². The SMILES string of the molecule is C=S(=O)(O)CCNS(=O)(=O)c1cc2c3nc4nc(nc5[nH]c(nc6nc(nc([nH]3)c2cc1S(=O)(=O)NCCS(=O)(=O)O)-c1cc(S(=O)(=O)NCCS(=O)(=O)O)ccc1-6)c1cc(S(=O)(=O)NCCS(=O)(=O)O)c(S(=O)(=O)NCCS(=O)(=O)O)cc51)-c1cc(S(=O)(=O)NCCS(=O)(=O)O)c(S(=O)(=O)O)cc1-4. The van der Waals surface area contributed by atoms with Gasteiger partial charge >= 0.3 is 0 Å². The third-order valence-electron chi connectivity index (χ3n) is 14.0. The number of rotatable bonds is 31. The van der Waals surface area contributed by atoms with Gasteiger partial charge in [0.15, 0.2) is 23.3 Å². The van der Waals surface area contributed by atoms with Gasteiger partial charge in [-0.25, -0.2) is 113 Å². The second-order valence-corrected chi connectivity index (χ2v) is 43.3. The third kappa shape index (κ3) is 19.5. The van der Waals surface area contributed by atoms with Crippen LogP contribution < -0.4 is 28.3 Å². The van der Waals surface area contributed by atoms with E-state index >= 15 is 0 Å². The maximum Gasteiger partial charge on any atom is 0.295 e. The molecule has 9 rings (SSSR count). The van der Waals surface area contributed by atoms with Crippen molar-refractivity contribution in [2.45, 2.75) is 34.3 Å². The predicted octanol–water partition coefficient (Wildman–Crippen LogP) is -4.59. The van der Waals surface area contributed by atoms with E-state index in [9.17, 15) is 137 Å². The summed E-state index contributed by atoms with van der Waals surface area (Å²) in [6, 6.07) is 5.43. The molecule has 5 heterocycles. The van der Waals surface area contributed by atoms with E-state index in [0.717, 1.165) is 18.2 Å². The standard InChI is InChI=1S/C45H50N14O32S13/c1-92(60,61)10-4-47-99(79,80)32-18-29-28(20-33(32)100(81,82)48-6-12-94(65,66)67)41-54-39-25-16-23(98(77,78)46-5-11-93(62,63)64)2-3-24(25)38(52-39)53-40-26-17-34(101(83,84)49-7-13-95(68,69)70)35(102(85,86)50-8-14-96(71,72)73)19-27(26)42(55-40)57-44-30-21-36(103(87,88)51-9-15-97(74,75)76)37(104(89,90)91)22-31(30)45(59-44)58-43(29)56-41/h2-3,16-22,46-51H,1,4-15H2,(H,60,61)(H,62,63,64)(H,65,66,67)(H,68,69,70)(H,71,72,73)(H,74,75,76)(H,89,90,91)(H2,52,53,54,55,56,57,58,59). The van der Waals surface area contributed by atoms with Crippen molar-refractivity contribution in [3.63, 3.8) is 0 Å². The molecule has 46 nitrogen and oxygen atoms in total. The highest BCUT2D eigenvalue weighted by atomic mass is 32.3. The Bertz CT molecular complexity index is 6550. The van der Waals surface area contributed by atoms with Gasteiger partial charge in [0, 0.05) is 83.1 Å². The molecule has 0 fully saturated rings. The first kappa shape index (κ1) is 81.2. The summed E-state index contributed by atoms with van der Waals surface area (Å²) in [6.07, 6.45) is 0. The highest BCUT2D eigenvalue weighted by Gasteiger charge is 2.36. The molecule has 15 N–H and O–H groups in total. The Labute approximate surface area is 589 Å². The average molecular weight is 1720 g/mol. The number of benzene rings is 4. The minimum Gasteiger partial charge on any atom is -0.324 e. The van der Waals surface area contributed by atoms with Crippen LogP contribution in [-0.2, 0) is 131 Å². The summed E-state index contributed by atoms with van der Waals surface area (Å²) in [6.45, 7) is -6.75. The van der Waals surface area contributed by atoms with Gasteiger partial charge in [-0.2, -0.15) is 50.5 Å². The lowest BCUT2D eigenvalue weighted by Gasteiger charge is -2.13. The molecule has 2 aliphatic heterocycles. The summed E-state index contributed by atoms with van der Waals surface area (Å²) in [5, 5.41) is -2.58. The highest BCUT2D eigenvalue weighted by Crippen LogP contribution is 2.42. The molecule has 0 aliphatic carbocycles. The molecule has 59 heteroatoms. The van der Waals surface area contributed by atoms with E-state index in [2.05, 4.69) is 45.7 Å². The van der Waals surface area contributed by atoms with Gasteiger partial charge in [0.25, 0.3) is 60.7 Å². The summed E-state index contributed by atoms with van der Waals surface area (Å²) in [5.41, 5.74) is -5.39. The Morgan fingerprint density at radius 1 is 0.288 bits per heavy atom. The molecule has 104 heavy (non-hydrogen) atoms. The van der Waals surface area contributed by atoms with Crippen LogP contribution in [0.3, 0.4) is 0 Å². The Hall–Kier alpha value is -6.86. The molecular formula is C45H50N14O32S13. The van der Waals surface area contributed by atoms with Gasteiger partial charge in [-0.15, -0.1) is 0 Å². The molecule has 0 radical (unpaired) electrons. The van der Waals surface area contributed by atoms with Crippen LogP contribution in [0.2, 0.25) is 0 Å². The molecule has 8 bridgehead atoms. The molecule has 0 saturated carbocycles. The minimum absolute atomic E-state index is 0.324. The molecule has 0 amide bonds. The number of aromatic nitrogens is 8. The number of fused-ring (bicyclic) bond motifs is 20. The monoisotopic (exact) mass is 1710 g/mol. The van der Waals surface area contributed by atoms with E-state index in [0.29, 0.717) is 36.4 Å². The summed E-state index contributed by atoms with van der Waals surface area (Å²) in [7, 11) is -67.0. The van der Waals surface area contributed by atoms with Crippen LogP contribution in [0.25, 0.3) is 89.7 Å². The van der Waals surface area contributed by atoms with Gasteiger partial charge in [0.2, 0.25) is 60.1 Å². The van der Waals surface area contributed by atoms with E-state index < -0.39 is 323 Å². The predicted molar refractivity (Wildman–Crippen MR) is 362 cm³/mol. The number of aromatic amines is 2. The van der Waals surface area contributed by atoms with Gasteiger partial charge in [0.05, 0.1) is 49.2 Å². The Kier molecular flexibility index (Phi) is 22.2. The Balaban J connectivity index is 1.52. The van der Waals surface area contributed by atoms with E-state index in [4.69, 9.17) is 0 Å². The lowest BCUT2D eigenvalue weighted by Crippen LogP contribution is -2.33. The normalized spacial score (nSPS) is 14.5. The first-order valence-electron chi connectivity index (χ1n) is 27.6. The van der Waals surface area contributed by atoms with E-state index in [-0.39, 0.29) is 5.56 Å². The molecule has 0 spiro atoms. The number of H-pyrrole nitrogens is 2. The topological polar surface area (TPSA) is 749 Å². The first-order chi connectivity index (χ1) is 47.3. The lowest BCUT2D eigenvalue weighted by atomic mass is 10.1. The van der Waals surface area contributed by atoms with Gasteiger partial charge in [0.1, 0.15) is 52.0 Å². The maximum absolute atomic E-state index is 14.4. The average Bonchev–Trinajstić information content (AvgIpc) is 1.48. The van der Waals surface area contributed by atoms with Crippen molar-refractivity contribution < 1.29 is 137 Å². The van der Waals surface area contributed by atoms with Crippen LogP contribution in [-0.4, -0.2) is 257 Å². The van der Waals surface area contributed by atoms with Crippen LogP contribution >= 0.6 is 0 Å². The second-order valence-electron chi connectivity index (χ2n) is 21.6. The van der Waals surface area contributed by atoms with Crippen molar-refractivity contribution in [1.82, 2.24) is 68.2 Å². The van der Waals surface area contributed by atoms with Crippen molar-refractivity contribution >= 4 is 181 Å². The van der Waals surface area contributed by atoms with Gasteiger partial charge in [-0.1, -0.05) is 0 Å². The summed E-state index contributed by atoms with van der Waals surface area (Å²) in [4.78, 5) is 22.7. The number of nitrogens with zero attached hydrogens (tertiary/aromatic N) is 6. The molecule has 4 aromatic carbocycles. The molecular weight excluding hydrogens is 1670 g/mol. The number of sulfonamides is 6. The van der Waals surface area contributed by atoms with Gasteiger partial charge < -0.3 is 14.5 Å². The highest BCUT2D eigenvalue weighted by molar-refractivity contribution is 7.95. The smallest absolute Gasteiger partial charge is 0.295 e. The fourth-order valence-corrected chi connectivity index (χ4v) is 21.8. The Morgan fingerprint density at radius 2 is 0.529 bits per heavy atom. The minimum atomic E-state index is -5.90. The molecule has 570 valence electrons. The van der Waals surface area contributed by atoms with Crippen LogP contribution in [0.5, 0.6) is 0 Å². The van der Waals surface area contributed by atoms with Crippen LogP contribution in [0.1, 0.15) is 0 Å². The largest absolute Gasteiger partial charge is 0.324 e. The summed E-state index contributed by atoms with van der Waals surface area (Å²) < 4.78 is 406. The zero-order valence-corrected chi connectivity index (χ0v) is 61.8. The number of nitrogens with one attached hydrogen (secondary N) is 8. The van der Waals surface area contributed by atoms with E-state index in [1.165, 1.54) is 0 Å². The fraction of sp³-hybridized carbons (Fsp3) is 0.267. The van der Waals surface area contributed by atoms with Crippen LogP contribution in [0, 0.1) is 0 Å². The zero-order valence-electron chi connectivity index (χ0n) is 51.2. The quantitative estimate of drug-likeness (QED) is 0.0144. The third-order valence-corrected chi connectivity index (χ3v) is 28.7. The lowest BCUT2D eigenvalue weighted by molar-refractivity contribution is 0.477. The second kappa shape index (κ2) is 28.4. The molecule has 1 atom stereocenters. The molecule has 2 aliphatic rings. The maximum atomic E-state index is 14.4. The fourth-order valence-electron chi connectivity index (χ4n) is 9.54. The van der Waals surface area contributed by atoms with Crippen molar-refractivity contribution in [2.24, 2.45) is 0 Å². The van der Waals surface area contributed by atoms with Crippen LogP contribution in [0.15, 0.2) is 88.9 Å². The van der Waals surface area contributed by atoms with Gasteiger partial charge in [-0.05, 0) is 60.5 Å². The van der Waals surface area contributed by atoms with Crippen molar-refractivity contribution in [3.05, 3.63) is 54.6 Å². The zero-order chi connectivity index (χ0) is 77.5. The van der Waals surface area contributed by atoms with E-state index in [1.807, 2.05) is 9.44 Å². The summed E-state index contributed by atoms with van der Waals surface area (Å²) >= 11 is 0. The first-order valence-corrected chi connectivity index (χ1v) is 47.9. The summed E-state index contributed by atoms with van der Waals surface area (Å²) in [5.74, 6) is -7.87. The van der Waals surface area contributed by atoms with Crippen molar-refractivity contribution in [1.29, 1.82) is 0 Å². The Morgan fingerprint density at radius 3 is 0.798 bits per heavy atom. The molecule has 0 saturated heterocycles. The van der Waals surface area contributed by atoms with Crippen molar-refractivity contribution in [2.75, 3.05) is 73.8 Å². The molecule has 3 aromatic heterocycles. The number of hydrogen-bond donors (Lipinski definition) is 15.